The largest absolute Gasteiger partial charge is 0.457 e. The average molecular weight is 460 g/mol. The van der Waals surface area contributed by atoms with Crippen LogP contribution in [0.15, 0.2) is 48.5 Å². The number of carbonyl (C=O) groups is 2. The number of hydrogen-bond donors (Lipinski definition) is 0. The lowest BCUT2D eigenvalue weighted by atomic mass is 9.93. The molecule has 5 nitrogen and oxygen atoms in total. The molecule has 2 saturated heterocycles. The molecule has 0 aromatic heterocycles. The molecule has 2 aliphatic rings. The molecule has 176 valence electrons. The van der Waals surface area contributed by atoms with Gasteiger partial charge >= 0.3 is 12.1 Å². The molecule has 2 fully saturated rings. The number of esters is 1. The summed E-state index contributed by atoms with van der Waals surface area (Å²) in [7, 11) is 0. The topological polar surface area (TPSA) is 49.9 Å². The summed E-state index contributed by atoms with van der Waals surface area (Å²) in [4.78, 5) is 29.2. The zero-order valence-electron chi connectivity index (χ0n) is 18.5. The summed E-state index contributed by atoms with van der Waals surface area (Å²) in [6.07, 6.45) is -4.36. The van der Waals surface area contributed by atoms with Crippen LogP contribution in [0.3, 0.4) is 0 Å². The Hall–Kier alpha value is -2.87. The zero-order chi connectivity index (χ0) is 23.6. The Kier molecular flexibility index (Phi) is 6.74. The lowest BCUT2D eigenvalue weighted by molar-refractivity contribution is -0.143. The van der Waals surface area contributed by atoms with E-state index in [1.54, 1.807) is 4.90 Å². The monoisotopic (exact) mass is 460 g/mol. The molecular weight excluding hydrogens is 433 g/mol. The van der Waals surface area contributed by atoms with Crippen LogP contribution >= 0.6 is 0 Å². The van der Waals surface area contributed by atoms with Gasteiger partial charge in [0.2, 0.25) is 5.91 Å². The molecule has 2 atom stereocenters. The lowest BCUT2D eigenvalue weighted by Gasteiger charge is -2.36. The molecule has 0 radical (unpaired) electrons. The van der Waals surface area contributed by atoms with Gasteiger partial charge in [-0.15, -0.1) is 0 Å². The normalized spacial score (nSPS) is 21.8. The van der Waals surface area contributed by atoms with Crippen LogP contribution in [0, 0.1) is 5.92 Å². The molecule has 0 saturated carbocycles. The third kappa shape index (κ3) is 5.38. The number of ether oxygens (including phenoxy) is 1. The van der Waals surface area contributed by atoms with Crippen molar-refractivity contribution in [1.29, 1.82) is 0 Å². The van der Waals surface area contributed by atoms with Crippen molar-refractivity contribution >= 4 is 11.9 Å². The molecule has 0 bridgehead atoms. The first-order valence-electron chi connectivity index (χ1n) is 11.2. The van der Waals surface area contributed by atoms with Crippen LogP contribution in [-0.2, 0) is 33.5 Å². The highest BCUT2D eigenvalue weighted by Gasteiger charge is 2.43. The summed E-state index contributed by atoms with van der Waals surface area (Å²) in [5, 5.41) is 0. The molecule has 2 aliphatic heterocycles. The molecule has 2 aromatic carbocycles. The quantitative estimate of drug-likeness (QED) is 0.627. The van der Waals surface area contributed by atoms with E-state index in [0.29, 0.717) is 31.7 Å². The molecule has 2 aromatic rings. The summed E-state index contributed by atoms with van der Waals surface area (Å²) >= 11 is 0. The number of benzene rings is 2. The number of amides is 1. The summed E-state index contributed by atoms with van der Waals surface area (Å²) in [5.74, 6) is -1.41. The predicted octanol–water partition coefficient (Wildman–Crippen LogP) is 4.22. The van der Waals surface area contributed by atoms with Crippen LogP contribution in [0.1, 0.15) is 41.7 Å². The van der Waals surface area contributed by atoms with Gasteiger partial charge in [-0.3, -0.25) is 14.5 Å². The Balaban J connectivity index is 1.37. The highest BCUT2D eigenvalue weighted by atomic mass is 19.4. The van der Waals surface area contributed by atoms with E-state index >= 15 is 0 Å². The Bertz CT molecular complexity index is 981. The highest BCUT2D eigenvalue weighted by Crippen LogP contribution is 2.38. The van der Waals surface area contributed by atoms with Gasteiger partial charge in [0.25, 0.3) is 0 Å². The van der Waals surface area contributed by atoms with Gasteiger partial charge in [-0.2, -0.15) is 13.2 Å². The minimum Gasteiger partial charge on any atom is -0.457 e. The molecule has 4 rings (SSSR count). The van der Waals surface area contributed by atoms with Gasteiger partial charge in [-0.05, 0) is 35.2 Å². The van der Waals surface area contributed by atoms with E-state index in [0.717, 1.165) is 25.1 Å². The molecule has 0 unspecified atom stereocenters. The number of carbonyl (C=O) groups excluding carboxylic acids is 2. The fourth-order valence-electron chi connectivity index (χ4n) is 4.44. The fraction of sp³-hybridized carbons (Fsp3) is 0.440. The van der Waals surface area contributed by atoms with Crippen LogP contribution in [0.5, 0.6) is 0 Å². The van der Waals surface area contributed by atoms with E-state index in [1.807, 2.05) is 0 Å². The highest BCUT2D eigenvalue weighted by molar-refractivity contribution is 5.87. The maximum absolute atomic E-state index is 13.2. The second kappa shape index (κ2) is 9.55. The Morgan fingerprint density at radius 2 is 1.58 bits per heavy atom. The smallest absolute Gasteiger partial charge is 0.416 e. The van der Waals surface area contributed by atoms with Crippen molar-refractivity contribution in [2.45, 2.75) is 38.6 Å². The third-order valence-electron chi connectivity index (χ3n) is 6.42. The third-order valence-corrected chi connectivity index (χ3v) is 6.42. The first-order valence-corrected chi connectivity index (χ1v) is 11.2. The van der Waals surface area contributed by atoms with Gasteiger partial charge in [-0.25, -0.2) is 0 Å². The van der Waals surface area contributed by atoms with Crippen molar-refractivity contribution in [1.82, 2.24) is 9.80 Å². The molecular formula is C25H27F3N2O3. The number of aryl methyl sites for hydroxylation is 1. The fourth-order valence-corrected chi connectivity index (χ4v) is 4.44. The van der Waals surface area contributed by atoms with Crippen molar-refractivity contribution in [3.8, 4) is 0 Å². The van der Waals surface area contributed by atoms with Crippen LogP contribution in [0.2, 0.25) is 0 Å². The number of cyclic esters (lactones) is 1. The maximum atomic E-state index is 13.2. The van der Waals surface area contributed by atoms with Crippen molar-refractivity contribution in [3.63, 3.8) is 0 Å². The molecule has 0 N–H and O–H groups in total. The van der Waals surface area contributed by atoms with Crippen molar-refractivity contribution in [3.05, 3.63) is 70.8 Å². The van der Waals surface area contributed by atoms with Crippen molar-refractivity contribution in [2.24, 2.45) is 5.92 Å². The summed E-state index contributed by atoms with van der Waals surface area (Å²) < 4.78 is 43.9. The predicted molar refractivity (Wildman–Crippen MR) is 116 cm³/mol. The number of rotatable bonds is 5. The number of piperazine rings is 1. The first-order chi connectivity index (χ1) is 15.7. The second-order valence-corrected chi connectivity index (χ2v) is 8.61. The standard InChI is InChI=1S/C25H27F3N2O3/c1-2-17-3-5-18(6-4-17)16-29-11-13-30(14-12-29)24(32)21-15-22(31)33-23(21)19-7-9-20(10-8-19)25(26,27)28/h3-10,21,23H,2,11-16H2,1H3/t21-,23+/m1/s1. The first kappa shape index (κ1) is 23.3. The van der Waals surface area contributed by atoms with E-state index in [4.69, 9.17) is 4.74 Å². The number of nitrogens with zero attached hydrogens (tertiary/aromatic N) is 2. The van der Waals surface area contributed by atoms with Gasteiger partial charge in [0, 0.05) is 32.7 Å². The molecule has 8 heteroatoms. The minimum atomic E-state index is -4.45. The van der Waals surface area contributed by atoms with Crippen LogP contribution in [0.25, 0.3) is 0 Å². The molecule has 0 spiro atoms. The van der Waals surface area contributed by atoms with E-state index in [9.17, 15) is 22.8 Å². The maximum Gasteiger partial charge on any atom is 0.416 e. The Morgan fingerprint density at radius 1 is 0.970 bits per heavy atom. The van der Waals surface area contributed by atoms with E-state index in [2.05, 4.69) is 36.1 Å². The molecule has 1 amide bonds. The summed E-state index contributed by atoms with van der Waals surface area (Å²) in [6.45, 7) is 5.44. The average Bonchev–Trinajstić information content (AvgIpc) is 3.21. The van der Waals surface area contributed by atoms with Crippen LogP contribution in [0.4, 0.5) is 13.2 Å². The second-order valence-electron chi connectivity index (χ2n) is 8.61. The van der Waals surface area contributed by atoms with Crippen molar-refractivity contribution < 1.29 is 27.5 Å². The molecule has 2 heterocycles. The SMILES string of the molecule is CCc1ccc(CN2CCN(C(=O)[C@@H]3CC(=O)O[C@H]3c3ccc(C(F)(F)F)cc3)CC2)cc1. The van der Waals surface area contributed by atoms with Gasteiger partial charge in [0.1, 0.15) is 6.10 Å². The van der Waals surface area contributed by atoms with Gasteiger partial charge in [0.05, 0.1) is 17.9 Å². The molecule has 0 aliphatic carbocycles. The lowest BCUT2D eigenvalue weighted by Crippen LogP contribution is -2.50. The minimum absolute atomic E-state index is 0.0610. The van der Waals surface area contributed by atoms with Gasteiger partial charge in [0.15, 0.2) is 0 Å². The number of halogens is 3. The van der Waals surface area contributed by atoms with Gasteiger partial charge < -0.3 is 9.64 Å². The van der Waals surface area contributed by atoms with E-state index in [1.165, 1.54) is 23.3 Å². The van der Waals surface area contributed by atoms with E-state index in [-0.39, 0.29) is 12.3 Å². The van der Waals surface area contributed by atoms with Crippen LogP contribution < -0.4 is 0 Å². The number of hydrogen-bond acceptors (Lipinski definition) is 4. The summed E-state index contributed by atoms with van der Waals surface area (Å²) in [6, 6.07) is 13.0. The van der Waals surface area contributed by atoms with Crippen molar-refractivity contribution in [2.75, 3.05) is 26.2 Å². The zero-order valence-corrected chi connectivity index (χ0v) is 18.5. The van der Waals surface area contributed by atoms with E-state index < -0.39 is 29.7 Å². The van der Waals surface area contributed by atoms with Gasteiger partial charge in [-0.1, -0.05) is 43.3 Å². The summed E-state index contributed by atoms with van der Waals surface area (Å²) in [5.41, 5.74) is 2.15. The van der Waals surface area contributed by atoms with Crippen LogP contribution in [-0.4, -0.2) is 47.9 Å². The Labute approximate surface area is 191 Å². The Morgan fingerprint density at radius 3 is 2.15 bits per heavy atom. The molecule has 33 heavy (non-hydrogen) atoms. The number of alkyl halides is 3.